The summed E-state index contributed by atoms with van der Waals surface area (Å²) in [5, 5.41) is 0.0773. The van der Waals surface area contributed by atoms with E-state index in [-0.39, 0.29) is 21.5 Å². The molecule has 20 heavy (non-hydrogen) atoms. The summed E-state index contributed by atoms with van der Waals surface area (Å²) in [6, 6.07) is 5.34. The number of hydrogen-bond acceptors (Lipinski definition) is 5. The van der Waals surface area contributed by atoms with E-state index >= 15 is 0 Å². The number of hydrogen-bond donors (Lipinski definition) is 0. The first-order valence-corrected chi connectivity index (χ1v) is 7.40. The molecule has 1 aromatic carbocycles. The number of halogens is 1. The van der Waals surface area contributed by atoms with E-state index in [1.807, 2.05) is 0 Å². The second-order valence-corrected chi connectivity index (χ2v) is 6.29. The van der Waals surface area contributed by atoms with Crippen molar-refractivity contribution in [2.24, 2.45) is 0 Å². The summed E-state index contributed by atoms with van der Waals surface area (Å²) in [6.45, 7) is 1.68. The average Bonchev–Trinajstić information content (AvgIpc) is 2.90. The molecule has 0 amide bonds. The lowest BCUT2D eigenvalue weighted by Crippen LogP contribution is -2.04. The molecule has 0 radical (unpaired) electrons. The van der Waals surface area contributed by atoms with E-state index in [4.69, 9.17) is 20.8 Å². The van der Waals surface area contributed by atoms with Gasteiger partial charge in [0.1, 0.15) is 10.6 Å². The van der Waals surface area contributed by atoms with Gasteiger partial charge in [-0.05, 0) is 30.7 Å². The van der Waals surface area contributed by atoms with Crippen LogP contribution in [0.1, 0.15) is 16.1 Å². The summed E-state index contributed by atoms with van der Waals surface area (Å²) in [5.41, 5.74) is 0.591. The van der Waals surface area contributed by atoms with E-state index in [0.717, 1.165) is 0 Å². The largest absolute Gasteiger partial charge is 0.495 e. The van der Waals surface area contributed by atoms with E-state index < -0.39 is 9.84 Å². The Bertz CT molecular complexity index is 761. The zero-order valence-corrected chi connectivity index (χ0v) is 12.3. The number of rotatable bonds is 4. The molecule has 0 aliphatic heterocycles. The van der Waals surface area contributed by atoms with Gasteiger partial charge in [-0.15, -0.1) is 0 Å². The molecule has 2 aromatic rings. The van der Waals surface area contributed by atoms with Crippen LogP contribution in [0.4, 0.5) is 0 Å². The molecule has 0 N–H and O–H groups in total. The van der Waals surface area contributed by atoms with Crippen molar-refractivity contribution in [2.45, 2.75) is 16.9 Å². The van der Waals surface area contributed by atoms with E-state index in [1.165, 1.54) is 31.4 Å². The number of furan rings is 1. The van der Waals surface area contributed by atoms with Gasteiger partial charge < -0.3 is 9.15 Å². The number of aryl methyl sites for hydroxylation is 1. The van der Waals surface area contributed by atoms with Crippen molar-refractivity contribution in [3.63, 3.8) is 0 Å². The molecule has 0 saturated heterocycles. The fraction of sp³-hybridized carbons (Fsp3) is 0.154. The smallest absolute Gasteiger partial charge is 0.243 e. The van der Waals surface area contributed by atoms with Crippen molar-refractivity contribution in [1.82, 2.24) is 0 Å². The number of methoxy groups -OCH3 is 1. The molecule has 5 nitrogen and oxygen atoms in total. The number of sulfone groups is 1. The van der Waals surface area contributed by atoms with Gasteiger partial charge >= 0.3 is 0 Å². The Labute approximate surface area is 121 Å². The minimum atomic E-state index is -3.92. The normalized spacial score (nSPS) is 11.3. The van der Waals surface area contributed by atoms with Gasteiger partial charge in [0, 0.05) is 11.1 Å². The molecular formula is C13H11ClO5S. The van der Waals surface area contributed by atoms with Gasteiger partial charge in [0.15, 0.2) is 12.0 Å². The zero-order valence-electron chi connectivity index (χ0n) is 10.7. The third-order valence-corrected chi connectivity index (χ3v) is 4.77. The van der Waals surface area contributed by atoms with Crippen molar-refractivity contribution >= 4 is 27.7 Å². The Morgan fingerprint density at radius 2 is 2.00 bits per heavy atom. The summed E-state index contributed by atoms with van der Waals surface area (Å²) in [6.07, 6.45) is 0.434. The molecule has 0 atom stereocenters. The summed E-state index contributed by atoms with van der Waals surface area (Å²) < 4.78 is 35.0. The van der Waals surface area contributed by atoms with Gasteiger partial charge in [-0.1, -0.05) is 11.6 Å². The number of carbonyl (C=O) groups excluding carboxylic acids is 1. The molecule has 0 aliphatic carbocycles. The van der Waals surface area contributed by atoms with Gasteiger partial charge in [-0.2, -0.15) is 0 Å². The molecule has 0 saturated carbocycles. The third-order valence-electron chi connectivity index (χ3n) is 2.72. The maximum absolute atomic E-state index is 12.5. The van der Waals surface area contributed by atoms with Crippen LogP contribution in [0.25, 0.3) is 0 Å². The fourth-order valence-electron chi connectivity index (χ4n) is 1.66. The molecule has 0 bridgehead atoms. The van der Waals surface area contributed by atoms with E-state index in [1.54, 1.807) is 6.92 Å². The predicted molar refractivity (Wildman–Crippen MR) is 72.3 cm³/mol. The van der Waals surface area contributed by atoms with Crippen molar-refractivity contribution in [1.29, 1.82) is 0 Å². The van der Waals surface area contributed by atoms with E-state index in [2.05, 4.69) is 0 Å². The van der Waals surface area contributed by atoms with Crippen molar-refractivity contribution in [3.8, 4) is 5.75 Å². The van der Waals surface area contributed by atoms with Gasteiger partial charge in [0.05, 0.1) is 7.11 Å². The van der Waals surface area contributed by atoms with Crippen molar-refractivity contribution in [2.75, 3.05) is 7.11 Å². The van der Waals surface area contributed by atoms with Crippen LogP contribution in [0.5, 0.6) is 5.75 Å². The highest BCUT2D eigenvalue weighted by Crippen LogP contribution is 2.34. The van der Waals surface area contributed by atoms with Crippen LogP contribution in [0.3, 0.4) is 0 Å². The first kappa shape index (κ1) is 14.6. The number of benzene rings is 1. The monoisotopic (exact) mass is 314 g/mol. The quantitative estimate of drug-likeness (QED) is 0.811. The third kappa shape index (κ3) is 2.44. The maximum Gasteiger partial charge on any atom is 0.243 e. The molecule has 0 unspecified atom stereocenters. The summed E-state index contributed by atoms with van der Waals surface area (Å²) in [7, 11) is -2.57. The lowest BCUT2D eigenvalue weighted by atomic mass is 10.2. The molecule has 0 fully saturated rings. The second kappa shape index (κ2) is 5.30. The van der Waals surface area contributed by atoms with Gasteiger partial charge in [-0.3, -0.25) is 4.79 Å². The number of carbonyl (C=O) groups is 1. The SMILES string of the molecule is COc1cc(Cl)c(C)cc1S(=O)(=O)c1ccc(C=O)o1. The highest BCUT2D eigenvalue weighted by Gasteiger charge is 2.26. The van der Waals surface area contributed by atoms with Crippen LogP contribution in [0, 0.1) is 6.92 Å². The van der Waals surface area contributed by atoms with Crippen LogP contribution >= 0.6 is 11.6 Å². The number of ether oxygens (including phenoxy) is 1. The molecule has 1 heterocycles. The highest BCUT2D eigenvalue weighted by molar-refractivity contribution is 7.91. The zero-order chi connectivity index (χ0) is 14.9. The lowest BCUT2D eigenvalue weighted by Gasteiger charge is -2.10. The first-order chi connectivity index (χ1) is 9.40. The molecular weight excluding hydrogens is 304 g/mol. The van der Waals surface area contributed by atoms with Gasteiger partial charge in [-0.25, -0.2) is 8.42 Å². The van der Waals surface area contributed by atoms with E-state index in [9.17, 15) is 13.2 Å². The van der Waals surface area contributed by atoms with Crippen LogP contribution in [0.15, 0.2) is 38.7 Å². The molecule has 2 rings (SSSR count). The minimum absolute atomic E-state index is 0.0614. The molecule has 106 valence electrons. The summed E-state index contributed by atoms with van der Waals surface area (Å²) >= 11 is 5.94. The van der Waals surface area contributed by atoms with Crippen LogP contribution in [0.2, 0.25) is 5.02 Å². The van der Waals surface area contributed by atoms with Crippen molar-refractivity contribution in [3.05, 3.63) is 40.6 Å². The molecule has 7 heteroatoms. The summed E-state index contributed by atoms with van der Waals surface area (Å²) in [4.78, 5) is 10.5. The van der Waals surface area contributed by atoms with Gasteiger partial charge in [0.25, 0.3) is 0 Å². The van der Waals surface area contributed by atoms with E-state index in [0.29, 0.717) is 16.9 Å². The minimum Gasteiger partial charge on any atom is -0.495 e. The Morgan fingerprint density at radius 1 is 1.30 bits per heavy atom. The Morgan fingerprint density at radius 3 is 2.55 bits per heavy atom. The van der Waals surface area contributed by atoms with Crippen LogP contribution in [-0.2, 0) is 9.84 Å². The Hall–Kier alpha value is -1.79. The second-order valence-electron chi connectivity index (χ2n) is 4.03. The van der Waals surface area contributed by atoms with Gasteiger partial charge in [0.2, 0.25) is 14.9 Å². The standard InChI is InChI=1S/C13H11ClO5S/c1-8-5-12(11(18-2)6-10(8)14)20(16,17)13-4-3-9(7-15)19-13/h3-7H,1-2H3. The topological polar surface area (TPSA) is 73.6 Å². The average molecular weight is 315 g/mol. The Kier molecular flexibility index (Phi) is 3.87. The maximum atomic E-state index is 12.5. The van der Waals surface area contributed by atoms with Crippen LogP contribution < -0.4 is 4.74 Å². The molecule has 1 aromatic heterocycles. The lowest BCUT2D eigenvalue weighted by molar-refractivity contribution is 0.109. The molecule has 0 spiro atoms. The van der Waals surface area contributed by atoms with Crippen LogP contribution in [-0.4, -0.2) is 21.8 Å². The fourth-order valence-corrected chi connectivity index (χ4v) is 3.22. The molecule has 0 aliphatic rings. The van der Waals surface area contributed by atoms with Crippen molar-refractivity contribution < 1.29 is 22.4 Å². The first-order valence-electron chi connectivity index (χ1n) is 5.54. The highest BCUT2D eigenvalue weighted by atomic mass is 35.5. The number of aldehydes is 1. The summed E-state index contributed by atoms with van der Waals surface area (Å²) in [5.74, 6) is 0.0536. The Balaban J connectivity index is 2.65. The predicted octanol–water partition coefficient (Wildman–Crippen LogP) is 2.90.